The second-order valence-electron chi connectivity index (χ2n) is 13.0. The summed E-state index contributed by atoms with van der Waals surface area (Å²) in [6, 6.07) is 49.5. The molecular weight excluding hydrogens is 567 g/mol. The summed E-state index contributed by atoms with van der Waals surface area (Å²) in [4.78, 5) is 0. The quantitative estimate of drug-likeness (QED) is 0.143. The third-order valence-electron chi connectivity index (χ3n) is 10.3. The van der Waals surface area contributed by atoms with Gasteiger partial charge in [-0.3, -0.25) is 0 Å². The predicted octanol–water partition coefficient (Wildman–Crippen LogP) is 12.2. The Morgan fingerprint density at radius 1 is 0.511 bits per heavy atom. The van der Waals surface area contributed by atoms with Crippen LogP contribution >= 0.6 is 0 Å². The molecule has 232 valence electrons. The Bertz CT molecular complexity index is 2040. The van der Waals surface area contributed by atoms with E-state index in [1.165, 1.54) is 85.3 Å². The third-order valence-corrected chi connectivity index (χ3v) is 10.3. The van der Waals surface area contributed by atoms with Crippen LogP contribution in [0.5, 0.6) is 0 Å². The van der Waals surface area contributed by atoms with Gasteiger partial charge in [-0.25, -0.2) is 0 Å². The Kier molecular flexibility index (Phi) is 8.48. The number of nitrogens with zero attached hydrogens (tertiary/aromatic N) is 1. The molecule has 0 saturated carbocycles. The highest BCUT2D eigenvalue weighted by atomic mass is 15.1. The fourth-order valence-corrected chi connectivity index (χ4v) is 7.53. The van der Waals surface area contributed by atoms with Crippen molar-refractivity contribution in [2.24, 2.45) is 0 Å². The summed E-state index contributed by atoms with van der Waals surface area (Å²) in [5.74, 6) is 0. The topological polar surface area (TPSA) is 3.88 Å². The minimum absolute atomic E-state index is 0.0949. The van der Waals surface area contributed by atoms with Gasteiger partial charge in [-0.15, -0.1) is 0 Å². The van der Waals surface area contributed by atoms with Gasteiger partial charge < -0.3 is 0 Å². The molecule has 0 bridgehead atoms. The molecule has 47 heavy (non-hydrogen) atoms. The highest BCUT2D eigenvalue weighted by Crippen LogP contribution is 2.45. The monoisotopic (exact) mass is 610 g/mol. The molecule has 0 aliphatic carbocycles. The first-order chi connectivity index (χ1) is 23.0. The van der Waals surface area contributed by atoms with Crippen molar-refractivity contribution in [2.75, 3.05) is 0 Å². The summed E-state index contributed by atoms with van der Waals surface area (Å²) >= 11 is 0. The second kappa shape index (κ2) is 13.0. The molecule has 0 spiro atoms. The number of rotatable bonds is 9. The van der Waals surface area contributed by atoms with Crippen LogP contribution in [0, 0.1) is 0 Å². The van der Waals surface area contributed by atoms with Crippen molar-refractivity contribution >= 4 is 5.57 Å². The van der Waals surface area contributed by atoms with Crippen molar-refractivity contribution in [2.45, 2.75) is 58.4 Å². The maximum absolute atomic E-state index is 4.67. The van der Waals surface area contributed by atoms with Gasteiger partial charge in [-0.1, -0.05) is 119 Å². The fraction of sp³-hybridized carbons (Fsp3) is 0.196. The first-order valence-corrected chi connectivity index (χ1v) is 17.3. The minimum Gasteiger partial charge on any atom is -0.189 e. The van der Waals surface area contributed by atoms with E-state index in [4.69, 9.17) is 0 Å². The summed E-state index contributed by atoms with van der Waals surface area (Å²) in [6.45, 7) is 11.5. The van der Waals surface area contributed by atoms with Gasteiger partial charge >= 0.3 is 0 Å². The molecule has 6 aromatic rings. The Morgan fingerprint density at radius 2 is 1.06 bits per heavy atom. The van der Waals surface area contributed by atoms with Crippen LogP contribution in [-0.4, -0.2) is 0 Å². The smallest absolute Gasteiger partial charge is 0.189 e. The second-order valence-corrected chi connectivity index (χ2v) is 13.0. The zero-order chi connectivity index (χ0) is 32.4. The van der Waals surface area contributed by atoms with Gasteiger partial charge in [-0.2, -0.15) is 4.57 Å². The van der Waals surface area contributed by atoms with Crippen LogP contribution < -0.4 is 4.57 Å². The van der Waals surface area contributed by atoms with Crippen LogP contribution in [-0.2, 0) is 12.0 Å². The van der Waals surface area contributed by atoms with E-state index in [0.29, 0.717) is 0 Å². The molecule has 1 nitrogen and oxygen atoms in total. The number of benzene rings is 5. The zero-order valence-corrected chi connectivity index (χ0v) is 28.0. The van der Waals surface area contributed by atoms with Crippen LogP contribution in [0.25, 0.3) is 61.3 Å². The van der Waals surface area contributed by atoms with E-state index in [-0.39, 0.29) is 5.54 Å². The van der Waals surface area contributed by atoms with Crippen LogP contribution in [0.4, 0.5) is 0 Å². The van der Waals surface area contributed by atoms with Gasteiger partial charge in [-0.05, 0) is 105 Å². The molecule has 7 rings (SSSR count). The van der Waals surface area contributed by atoms with Crippen molar-refractivity contribution in [3.05, 3.63) is 157 Å². The van der Waals surface area contributed by atoms with Crippen LogP contribution in [0.15, 0.2) is 146 Å². The molecule has 5 aromatic carbocycles. The number of aromatic nitrogens is 1. The van der Waals surface area contributed by atoms with Crippen molar-refractivity contribution in [1.82, 2.24) is 0 Å². The standard InChI is InChI=1S/C46H44N/c1-5-8-15-34-21-23-36(24-22-34)41-29-40(35-16-10-9-11-17-35)30-42(31-41)38-19-14-18-37(28-38)39-25-26-43-33(4)46(6-2,7-3)47-27-13-12-20-45(47)44(43)32-39/h9-14,16-32H,4-8,15H2,1-3H3/q+1. The lowest BCUT2D eigenvalue weighted by Crippen LogP contribution is -2.59. The Balaban J connectivity index is 1.31. The first-order valence-electron chi connectivity index (χ1n) is 17.3. The molecule has 1 aliphatic heterocycles. The largest absolute Gasteiger partial charge is 0.213 e. The predicted molar refractivity (Wildman–Crippen MR) is 200 cm³/mol. The Morgan fingerprint density at radius 3 is 1.74 bits per heavy atom. The van der Waals surface area contributed by atoms with Gasteiger partial charge in [0.15, 0.2) is 11.7 Å². The number of hydrogen-bond acceptors (Lipinski definition) is 0. The maximum Gasteiger partial charge on any atom is 0.213 e. The lowest BCUT2D eigenvalue weighted by molar-refractivity contribution is -0.741. The van der Waals surface area contributed by atoms with E-state index in [1.807, 2.05) is 0 Å². The highest BCUT2D eigenvalue weighted by Gasteiger charge is 2.46. The van der Waals surface area contributed by atoms with Gasteiger partial charge in [0.2, 0.25) is 5.69 Å². The molecule has 0 atom stereocenters. The van der Waals surface area contributed by atoms with Gasteiger partial charge in [0, 0.05) is 30.5 Å². The lowest BCUT2D eigenvalue weighted by Gasteiger charge is -2.34. The molecule has 0 amide bonds. The maximum atomic E-state index is 4.67. The fourth-order valence-electron chi connectivity index (χ4n) is 7.53. The summed E-state index contributed by atoms with van der Waals surface area (Å²) in [7, 11) is 0. The molecule has 1 heteroatoms. The molecule has 2 heterocycles. The highest BCUT2D eigenvalue weighted by molar-refractivity contribution is 5.87. The van der Waals surface area contributed by atoms with Gasteiger partial charge in [0.25, 0.3) is 0 Å². The Hall–Kier alpha value is -5.01. The summed E-state index contributed by atoms with van der Waals surface area (Å²) in [5.41, 5.74) is 16.1. The summed E-state index contributed by atoms with van der Waals surface area (Å²) < 4.78 is 2.46. The Labute approximate surface area is 280 Å². The van der Waals surface area contributed by atoms with Crippen LogP contribution in [0.2, 0.25) is 0 Å². The normalized spacial score (nSPS) is 13.2. The van der Waals surface area contributed by atoms with Gasteiger partial charge in [0.1, 0.15) is 0 Å². The van der Waals surface area contributed by atoms with E-state index in [0.717, 1.165) is 19.3 Å². The van der Waals surface area contributed by atoms with E-state index in [2.05, 4.69) is 172 Å². The SMILES string of the molecule is C=C1c2ccc(-c3cccc(-c4cc(-c5ccccc5)cc(-c5ccc(CCCC)cc5)c4)c3)cc2-c2cccc[n+]2C1(CC)CC. The third kappa shape index (κ3) is 5.65. The van der Waals surface area contributed by atoms with Crippen molar-refractivity contribution in [1.29, 1.82) is 0 Å². The molecule has 0 saturated heterocycles. The molecule has 1 aromatic heterocycles. The average molecular weight is 611 g/mol. The number of aryl methyl sites for hydroxylation is 1. The molecule has 0 radical (unpaired) electrons. The first kappa shape index (κ1) is 30.6. The number of fused-ring (bicyclic) bond motifs is 3. The minimum atomic E-state index is -0.0949. The van der Waals surface area contributed by atoms with Crippen molar-refractivity contribution in [3.8, 4) is 55.8 Å². The van der Waals surface area contributed by atoms with Crippen LogP contribution in [0.3, 0.4) is 0 Å². The van der Waals surface area contributed by atoms with Crippen molar-refractivity contribution in [3.63, 3.8) is 0 Å². The molecular formula is C46H44N+. The molecule has 0 unspecified atom stereocenters. The van der Waals surface area contributed by atoms with E-state index in [1.54, 1.807) is 0 Å². The number of hydrogen-bond donors (Lipinski definition) is 0. The van der Waals surface area contributed by atoms with E-state index < -0.39 is 0 Å². The van der Waals surface area contributed by atoms with Crippen molar-refractivity contribution < 1.29 is 4.57 Å². The number of unbranched alkanes of at least 4 members (excludes halogenated alkanes) is 1. The molecule has 1 aliphatic rings. The van der Waals surface area contributed by atoms with Gasteiger partial charge in [0.05, 0.1) is 5.56 Å². The van der Waals surface area contributed by atoms with Crippen LogP contribution in [0.1, 0.15) is 57.6 Å². The van der Waals surface area contributed by atoms with E-state index in [9.17, 15) is 0 Å². The zero-order valence-electron chi connectivity index (χ0n) is 28.0. The summed E-state index contributed by atoms with van der Waals surface area (Å²) in [5, 5.41) is 0. The number of pyridine rings is 1. The van der Waals surface area contributed by atoms with E-state index >= 15 is 0 Å². The molecule has 0 fully saturated rings. The summed E-state index contributed by atoms with van der Waals surface area (Å²) in [6.07, 6.45) is 7.85. The molecule has 0 N–H and O–H groups in total. The average Bonchev–Trinajstić information content (AvgIpc) is 3.15. The lowest BCUT2D eigenvalue weighted by atomic mass is 9.75. The number of allylic oxidation sites excluding steroid dienone is 1.